The SMILES string of the molecule is Cc1ccc2ccccc2c1C(=O)N(Cc1ccc(-c2cccc(C(C)(F)C(=O)O)c2)cc1)Cc1ccc(C(F)(F)F)o1. The van der Waals surface area contributed by atoms with E-state index in [1.54, 1.807) is 36.4 Å². The van der Waals surface area contributed by atoms with E-state index < -0.39 is 23.6 Å². The highest BCUT2D eigenvalue weighted by Crippen LogP contribution is 2.33. The summed E-state index contributed by atoms with van der Waals surface area (Å²) in [6.45, 7) is 2.65. The van der Waals surface area contributed by atoms with Gasteiger partial charge in [0.05, 0.1) is 12.1 Å². The number of hydrogen-bond acceptors (Lipinski definition) is 3. The number of nitrogens with zero attached hydrogens (tertiary/aromatic N) is 1. The molecule has 0 aliphatic heterocycles. The molecule has 1 heterocycles. The van der Waals surface area contributed by atoms with Gasteiger partial charge in [-0.15, -0.1) is 0 Å². The lowest BCUT2D eigenvalue weighted by molar-refractivity contribution is -0.153. The van der Waals surface area contributed by atoms with Crippen LogP contribution in [-0.4, -0.2) is 21.9 Å². The van der Waals surface area contributed by atoms with Gasteiger partial charge in [-0.1, -0.05) is 78.9 Å². The number of furan rings is 1. The quantitative estimate of drug-likeness (QED) is 0.184. The summed E-state index contributed by atoms with van der Waals surface area (Å²) in [5.74, 6) is -3.12. The van der Waals surface area contributed by atoms with Gasteiger partial charge < -0.3 is 14.4 Å². The van der Waals surface area contributed by atoms with Crippen LogP contribution in [0, 0.1) is 6.92 Å². The van der Waals surface area contributed by atoms with Gasteiger partial charge in [-0.2, -0.15) is 13.2 Å². The predicted octanol–water partition coefficient (Wildman–Crippen LogP) is 8.54. The minimum atomic E-state index is -4.66. The third-order valence-electron chi connectivity index (χ3n) is 7.39. The topological polar surface area (TPSA) is 70.8 Å². The van der Waals surface area contributed by atoms with Crippen LogP contribution in [0.1, 0.15) is 45.5 Å². The Kier molecular flexibility index (Phi) is 7.84. The summed E-state index contributed by atoms with van der Waals surface area (Å²) in [5, 5.41) is 10.8. The number of carbonyl (C=O) groups is 2. The van der Waals surface area contributed by atoms with Gasteiger partial charge in [0.1, 0.15) is 5.76 Å². The smallest absolute Gasteiger partial charge is 0.449 e. The van der Waals surface area contributed by atoms with Crippen LogP contribution >= 0.6 is 0 Å². The number of carbonyl (C=O) groups excluding carboxylic acids is 1. The molecule has 5 aromatic rings. The van der Waals surface area contributed by atoms with Crippen molar-refractivity contribution in [2.24, 2.45) is 0 Å². The summed E-state index contributed by atoms with van der Waals surface area (Å²) in [6.07, 6.45) is -4.66. The van der Waals surface area contributed by atoms with E-state index >= 15 is 0 Å². The molecule has 5 rings (SSSR count). The lowest BCUT2D eigenvalue weighted by Crippen LogP contribution is -2.30. The summed E-state index contributed by atoms with van der Waals surface area (Å²) in [4.78, 5) is 26.9. The number of rotatable bonds is 8. The second-order valence-corrected chi connectivity index (χ2v) is 10.5. The standard InChI is InChI=1S/C34H27F4NO4/c1-21-10-13-24-6-3-4-9-28(24)30(21)31(40)39(20-27-16-17-29(43-27)34(36,37)38)19-22-11-14-23(15-12-22)25-7-5-8-26(18-25)33(2,35)32(41)42/h3-18H,19-20H2,1-2H3,(H,41,42). The first-order chi connectivity index (χ1) is 20.3. The number of amides is 1. The van der Waals surface area contributed by atoms with Gasteiger partial charge in [-0.05, 0) is 65.1 Å². The number of benzene rings is 4. The highest BCUT2D eigenvalue weighted by Gasteiger charge is 2.36. The first kappa shape index (κ1) is 29.6. The normalized spacial score (nSPS) is 13.1. The molecule has 1 amide bonds. The van der Waals surface area contributed by atoms with Gasteiger partial charge in [-0.3, -0.25) is 4.79 Å². The number of aryl methyl sites for hydroxylation is 1. The number of carboxylic acids is 1. The third kappa shape index (κ3) is 6.16. The maximum atomic E-state index is 14.7. The fourth-order valence-corrected chi connectivity index (χ4v) is 4.96. The second kappa shape index (κ2) is 11.4. The van der Waals surface area contributed by atoms with Crippen LogP contribution < -0.4 is 0 Å². The maximum Gasteiger partial charge on any atom is 0.449 e. The molecule has 1 unspecified atom stereocenters. The van der Waals surface area contributed by atoms with Crippen LogP contribution in [0.15, 0.2) is 101 Å². The van der Waals surface area contributed by atoms with Gasteiger partial charge in [0, 0.05) is 12.1 Å². The van der Waals surface area contributed by atoms with Crippen LogP contribution in [0.25, 0.3) is 21.9 Å². The molecule has 1 atom stereocenters. The van der Waals surface area contributed by atoms with Crippen molar-refractivity contribution in [1.82, 2.24) is 4.90 Å². The Balaban J connectivity index is 1.48. The molecule has 4 aromatic carbocycles. The molecule has 43 heavy (non-hydrogen) atoms. The maximum absolute atomic E-state index is 14.7. The number of alkyl halides is 4. The molecule has 0 radical (unpaired) electrons. The molecule has 0 fully saturated rings. The number of fused-ring (bicyclic) bond motifs is 1. The molecule has 220 valence electrons. The zero-order valence-electron chi connectivity index (χ0n) is 23.3. The predicted molar refractivity (Wildman–Crippen MR) is 154 cm³/mol. The van der Waals surface area contributed by atoms with E-state index in [4.69, 9.17) is 4.42 Å². The van der Waals surface area contributed by atoms with Crippen molar-refractivity contribution in [1.29, 1.82) is 0 Å². The average molecular weight is 590 g/mol. The van der Waals surface area contributed by atoms with Crippen LogP contribution in [0.4, 0.5) is 17.6 Å². The van der Waals surface area contributed by atoms with Crippen LogP contribution in [0.3, 0.4) is 0 Å². The Bertz CT molecular complexity index is 1810. The lowest BCUT2D eigenvalue weighted by Gasteiger charge is -2.24. The fourth-order valence-electron chi connectivity index (χ4n) is 4.96. The molecule has 1 aromatic heterocycles. The molecule has 0 aliphatic carbocycles. The molecular formula is C34H27F4NO4. The largest absolute Gasteiger partial charge is 0.479 e. The van der Waals surface area contributed by atoms with Crippen molar-refractivity contribution in [3.63, 3.8) is 0 Å². The molecule has 0 aliphatic rings. The lowest BCUT2D eigenvalue weighted by atomic mass is 9.94. The molecular weight excluding hydrogens is 562 g/mol. The molecule has 5 nitrogen and oxygen atoms in total. The average Bonchev–Trinajstić information content (AvgIpc) is 3.46. The Morgan fingerprint density at radius 1 is 0.814 bits per heavy atom. The van der Waals surface area contributed by atoms with Crippen LogP contribution in [-0.2, 0) is 29.7 Å². The van der Waals surface area contributed by atoms with Gasteiger partial charge in [-0.25, -0.2) is 9.18 Å². The van der Waals surface area contributed by atoms with Crippen molar-refractivity contribution < 1.29 is 36.7 Å². The van der Waals surface area contributed by atoms with Crippen molar-refractivity contribution in [3.8, 4) is 11.1 Å². The van der Waals surface area contributed by atoms with Crippen molar-refractivity contribution in [2.75, 3.05) is 0 Å². The zero-order valence-corrected chi connectivity index (χ0v) is 23.3. The summed E-state index contributed by atoms with van der Waals surface area (Å²) in [6, 6.07) is 26.4. The molecule has 0 bridgehead atoms. The van der Waals surface area contributed by atoms with E-state index in [0.29, 0.717) is 22.3 Å². The molecule has 0 saturated heterocycles. The molecule has 0 spiro atoms. The Hall–Kier alpha value is -4.92. The zero-order chi connectivity index (χ0) is 30.9. The van der Waals surface area contributed by atoms with Crippen LogP contribution in [0.5, 0.6) is 0 Å². The number of hydrogen-bond donors (Lipinski definition) is 1. The van der Waals surface area contributed by atoms with Gasteiger partial charge in [0.2, 0.25) is 11.4 Å². The highest BCUT2D eigenvalue weighted by atomic mass is 19.4. The highest BCUT2D eigenvalue weighted by molar-refractivity contribution is 6.08. The minimum absolute atomic E-state index is 0.000444. The Morgan fingerprint density at radius 3 is 2.21 bits per heavy atom. The van der Waals surface area contributed by atoms with Crippen molar-refractivity contribution in [3.05, 3.63) is 131 Å². The van der Waals surface area contributed by atoms with E-state index in [-0.39, 0.29) is 30.3 Å². The molecule has 1 N–H and O–H groups in total. The van der Waals surface area contributed by atoms with E-state index in [9.17, 15) is 32.3 Å². The molecule has 0 saturated carbocycles. The number of aliphatic carboxylic acids is 1. The number of halogens is 4. The van der Waals surface area contributed by atoms with Gasteiger partial charge >= 0.3 is 12.1 Å². The summed E-state index contributed by atoms with van der Waals surface area (Å²) in [5.41, 5.74) is 0.589. The fraction of sp³-hybridized carbons (Fsp3) is 0.176. The van der Waals surface area contributed by atoms with E-state index in [1.807, 2.05) is 43.3 Å². The Morgan fingerprint density at radius 2 is 1.53 bits per heavy atom. The minimum Gasteiger partial charge on any atom is -0.479 e. The third-order valence-corrected chi connectivity index (χ3v) is 7.39. The monoisotopic (exact) mass is 589 g/mol. The first-order valence-electron chi connectivity index (χ1n) is 13.4. The Labute approximate surface area is 245 Å². The molecule has 9 heteroatoms. The van der Waals surface area contributed by atoms with Crippen LogP contribution in [0.2, 0.25) is 0 Å². The first-order valence-corrected chi connectivity index (χ1v) is 13.4. The van der Waals surface area contributed by atoms with E-state index in [0.717, 1.165) is 29.3 Å². The van der Waals surface area contributed by atoms with E-state index in [2.05, 4.69) is 0 Å². The summed E-state index contributed by atoms with van der Waals surface area (Å²) in [7, 11) is 0. The second-order valence-electron chi connectivity index (χ2n) is 10.5. The van der Waals surface area contributed by atoms with Gasteiger partial charge in [0.15, 0.2) is 0 Å². The van der Waals surface area contributed by atoms with Crippen molar-refractivity contribution in [2.45, 2.75) is 38.8 Å². The van der Waals surface area contributed by atoms with Crippen molar-refractivity contribution >= 4 is 22.6 Å². The summed E-state index contributed by atoms with van der Waals surface area (Å²) < 4.78 is 59.4. The number of carboxylic acid groups (broad SMARTS) is 1. The van der Waals surface area contributed by atoms with E-state index in [1.165, 1.54) is 23.1 Å². The van der Waals surface area contributed by atoms with Gasteiger partial charge in [0.25, 0.3) is 5.91 Å². The summed E-state index contributed by atoms with van der Waals surface area (Å²) >= 11 is 0.